The molecule has 0 aliphatic carbocycles. The lowest BCUT2D eigenvalue weighted by atomic mass is 9.79. The van der Waals surface area contributed by atoms with Crippen molar-refractivity contribution in [3.8, 4) is 33.8 Å². The molecule has 184 valence electrons. The topological polar surface area (TPSA) is 52.8 Å². The Bertz CT molecular complexity index is 1330. The summed E-state index contributed by atoms with van der Waals surface area (Å²) in [5.41, 5.74) is 6.40. The van der Waals surface area contributed by atoms with E-state index < -0.39 is 0 Å². The predicted octanol–water partition coefficient (Wildman–Crippen LogP) is 8.78. The van der Waals surface area contributed by atoms with Gasteiger partial charge in [-0.25, -0.2) is 0 Å². The smallest absolute Gasteiger partial charge is 0.131 e. The lowest BCUT2D eigenvalue weighted by Gasteiger charge is -2.27. The average molecular weight is 478 g/mol. The first-order chi connectivity index (χ1) is 16.9. The molecule has 0 spiro atoms. The SMILES string of the molecule is CC(C)(C)c1cc(C=Nc2cc(-c3ccccc3)c(O)c(-c3ccccc3)c2)c(O)c(C(C)(C)C)c1. The van der Waals surface area contributed by atoms with Gasteiger partial charge in [-0.15, -0.1) is 0 Å². The quantitative estimate of drug-likeness (QED) is 0.289. The van der Waals surface area contributed by atoms with Crippen molar-refractivity contribution in [3.05, 3.63) is 102 Å². The highest BCUT2D eigenvalue weighted by atomic mass is 16.3. The second-order valence-corrected chi connectivity index (χ2v) is 11.3. The van der Waals surface area contributed by atoms with Crippen molar-refractivity contribution >= 4 is 11.9 Å². The third-order valence-corrected chi connectivity index (χ3v) is 6.43. The van der Waals surface area contributed by atoms with Crippen molar-refractivity contribution in [2.75, 3.05) is 0 Å². The van der Waals surface area contributed by atoms with Gasteiger partial charge < -0.3 is 10.2 Å². The number of aromatic hydroxyl groups is 2. The molecule has 0 aromatic heterocycles. The van der Waals surface area contributed by atoms with Crippen LogP contribution in [-0.4, -0.2) is 16.4 Å². The molecule has 0 saturated carbocycles. The number of rotatable bonds is 4. The van der Waals surface area contributed by atoms with Gasteiger partial charge in [0, 0.05) is 28.5 Å². The molecule has 0 aliphatic heterocycles. The zero-order chi connectivity index (χ0) is 26.1. The number of benzene rings is 4. The van der Waals surface area contributed by atoms with Gasteiger partial charge in [-0.1, -0.05) is 108 Å². The molecule has 0 bridgehead atoms. The minimum atomic E-state index is -0.215. The second kappa shape index (κ2) is 9.66. The molecule has 0 unspecified atom stereocenters. The van der Waals surface area contributed by atoms with Gasteiger partial charge in [-0.05, 0) is 45.7 Å². The summed E-state index contributed by atoms with van der Waals surface area (Å²) in [6, 6.07) is 27.6. The Kier molecular flexibility index (Phi) is 6.77. The zero-order valence-corrected chi connectivity index (χ0v) is 22.0. The molecule has 0 aliphatic rings. The summed E-state index contributed by atoms with van der Waals surface area (Å²) < 4.78 is 0. The summed E-state index contributed by atoms with van der Waals surface area (Å²) in [6.07, 6.45) is 1.73. The van der Waals surface area contributed by atoms with Crippen molar-refractivity contribution in [2.45, 2.75) is 52.4 Å². The first-order valence-corrected chi connectivity index (χ1v) is 12.3. The maximum Gasteiger partial charge on any atom is 0.131 e. The maximum atomic E-state index is 11.2. The van der Waals surface area contributed by atoms with Crippen LogP contribution in [0.25, 0.3) is 22.3 Å². The van der Waals surface area contributed by atoms with Crippen LogP contribution in [0.3, 0.4) is 0 Å². The van der Waals surface area contributed by atoms with E-state index in [0.29, 0.717) is 22.4 Å². The lowest BCUT2D eigenvalue weighted by molar-refractivity contribution is 0.444. The Morgan fingerprint density at radius 1 is 0.611 bits per heavy atom. The molecule has 0 saturated heterocycles. The average Bonchev–Trinajstić information content (AvgIpc) is 2.83. The van der Waals surface area contributed by atoms with Crippen molar-refractivity contribution in [1.82, 2.24) is 0 Å². The van der Waals surface area contributed by atoms with E-state index in [1.54, 1.807) is 6.21 Å². The van der Waals surface area contributed by atoms with Crippen LogP contribution >= 0.6 is 0 Å². The number of nitrogens with zero attached hydrogens (tertiary/aromatic N) is 1. The lowest BCUT2D eigenvalue weighted by Crippen LogP contribution is -2.17. The van der Waals surface area contributed by atoms with Gasteiger partial charge in [0.05, 0.1) is 5.69 Å². The van der Waals surface area contributed by atoms with Crippen LogP contribution in [0, 0.1) is 0 Å². The predicted molar refractivity (Wildman–Crippen MR) is 152 cm³/mol. The number of phenols is 2. The minimum absolute atomic E-state index is 0.0736. The molecular formula is C33H35NO2. The highest BCUT2D eigenvalue weighted by molar-refractivity contribution is 5.90. The fraction of sp³-hybridized carbons (Fsp3) is 0.242. The Hall–Kier alpha value is -3.85. The fourth-order valence-electron chi connectivity index (χ4n) is 4.27. The summed E-state index contributed by atoms with van der Waals surface area (Å²) in [5, 5.41) is 22.4. The van der Waals surface area contributed by atoms with Gasteiger partial charge in [-0.3, -0.25) is 4.99 Å². The maximum absolute atomic E-state index is 11.2. The van der Waals surface area contributed by atoms with Crippen LogP contribution < -0.4 is 0 Å². The third kappa shape index (κ3) is 5.36. The van der Waals surface area contributed by atoms with E-state index in [0.717, 1.165) is 22.3 Å². The van der Waals surface area contributed by atoms with Crippen LogP contribution in [0.5, 0.6) is 11.5 Å². The van der Waals surface area contributed by atoms with Crippen molar-refractivity contribution in [1.29, 1.82) is 0 Å². The second-order valence-electron chi connectivity index (χ2n) is 11.3. The number of hydrogen-bond donors (Lipinski definition) is 2. The molecule has 0 amide bonds. The van der Waals surface area contributed by atoms with E-state index in [4.69, 9.17) is 4.99 Å². The summed E-state index contributed by atoms with van der Waals surface area (Å²) in [5.74, 6) is 0.476. The van der Waals surface area contributed by atoms with E-state index in [9.17, 15) is 10.2 Å². The van der Waals surface area contributed by atoms with Crippen LogP contribution in [0.2, 0.25) is 0 Å². The fourth-order valence-corrected chi connectivity index (χ4v) is 4.27. The normalized spacial score (nSPS) is 12.3. The van der Waals surface area contributed by atoms with Crippen LogP contribution in [0.1, 0.15) is 58.2 Å². The summed E-state index contributed by atoms with van der Waals surface area (Å²) >= 11 is 0. The molecule has 0 fully saturated rings. The van der Waals surface area contributed by atoms with Gasteiger partial charge in [-0.2, -0.15) is 0 Å². The first-order valence-electron chi connectivity index (χ1n) is 12.3. The molecule has 36 heavy (non-hydrogen) atoms. The van der Waals surface area contributed by atoms with Crippen molar-refractivity contribution in [3.63, 3.8) is 0 Å². The van der Waals surface area contributed by atoms with Crippen LogP contribution in [0.4, 0.5) is 5.69 Å². The summed E-state index contributed by atoms with van der Waals surface area (Å²) in [6.45, 7) is 12.8. The van der Waals surface area contributed by atoms with Gasteiger partial charge in [0.2, 0.25) is 0 Å². The largest absolute Gasteiger partial charge is 0.507 e. The molecule has 0 radical (unpaired) electrons. The van der Waals surface area contributed by atoms with E-state index >= 15 is 0 Å². The van der Waals surface area contributed by atoms with Gasteiger partial charge >= 0.3 is 0 Å². The minimum Gasteiger partial charge on any atom is -0.507 e. The van der Waals surface area contributed by atoms with Gasteiger partial charge in [0.15, 0.2) is 0 Å². The van der Waals surface area contributed by atoms with Crippen molar-refractivity contribution in [2.24, 2.45) is 4.99 Å². The molecule has 0 atom stereocenters. The Balaban J connectivity index is 1.88. The standard InChI is InChI=1S/C33H35NO2/c1-32(2,3)25-17-24(30(35)29(18-25)33(4,5)6)21-34-26-19-27(22-13-9-7-10-14-22)31(36)28(20-26)23-15-11-8-12-16-23/h7-21,35-36H,1-6H3. The molecule has 0 heterocycles. The van der Waals surface area contributed by atoms with E-state index in [1.165, 1.54) is 0 Å². The van der Waals surface area contributed by atoms with Crippen LogP contribution in [-0.2, 0) is 10.8 Å². The van der Waals surface area contributed by atoms with Crippen LogP contribution in [0.15, 0.2) is 89.9 Å². The molecule has 4 aromatic carbocycles. The first kappa shape index (κ1) is 25.2. The molecule has 3 nitrogen and oxygen atoms in total. The van der Waals surface area contributed by atoms with Crippen molar-refractivity contribution < 1.29 is 10.2 Å². The third-order valence-electron chi connectivity index (χ3n) is 6.43. The molecule has 4 rings (SSSR count). The number of phenolic OH excluding ortho intramolecular Hbond substituents is 2. The monoisotopic (exact) mass is 477 g/mol. The van der Waals surface area contributed by atoms with E-state index in [-0.39, 0.29) is 22.3 Å². The Morgan fingerprint density at radius 3 is 1.56 bits per heavy atom. The summed E-state index contributed by atoms with van der Waals surface area (Å²) in [7, 11) is 0. The number of hydrogen-bond acceptors (Lipinski definition) is 3. The molecular weight excluding hydrogens is 442 g/mol. The highest BCUT2D eigenvalue weighted by Gasteiger charge is 2.24. The van der Waals surface area contributed by atoms with Gasteiger partial charge in [0.1, 0.15) is 11.5 Å². The molecule has 3 heteroatoms. The Labute approximate surface area is 214 Å². The zero-order valence-electron chi connectivity index (χ0n) is 22.0. The van der Waals surface area contributed by atoms with Gasteiger partial charge in [0.25, 0.3) is 0 Å². The number of aliphatic imine (C=N–C) groups is 1. The highest BCUT2D eigenvalue weighted by Crippen LogP contribution is 2.42. The Morgan fingerprint density at radius 2 is 1.11 bits per heavy atom. The summed E-state index contributed by atoms with van der Waals surface area (Å²) in [4.78, 5) is 4.80. The van der Waals surface area contributed by atoms with E-state index in [1.807, 2.05) is 78.9 Å². The molecule has 4 aromatic rings. The van der Waals surface area contributed by atoms with E-state index in [2.05, 4.69) is 47.6 Å². The molecule has 2 N–H and O–H groups in total.